The van der Waals surface area contributed by atoms with Crippen molar-refractivity contribution in [3.8, 4) is 0 Å². The van der Waals surface area contributed by atoms with E-state index >= 15 is 0 Å². The molecule has 214 valence electrons. The average molecular weight is 685 g/mol. The largest absolute Gasteiger partial charge is 0.408 e. The summed E-state index contributed by atoms with van der Waals surface area (Å²) in [5.74, 6) is -4.04. The molecule has 15 heteroatoms. The van der Waals surface area contributed by atoms with Gasteiger partial charge in [0.2, 0.25) is 5.91 Å². The molecule has 0 bridgehead atoms. The lowest BCUT2D eigenvalue weighted by molar-refractivity contribution is -0.159. The second-order valence-electron chi connectivity index (χ2n) is 8.17. The molecule has 39 heavy (non-hydrogen) atoms. The fourth-order valence-corrected chi connectivity index (χ4v) is 4.36. The van der Waals surface area contributed by atoms with Crippen molar-refractivity contribution in [2.75, 3.05) is 13.7 Å². The maximum atomic E-state index is 13.8. The third-order valence-electron chi connectivity index (χ3n) is 5.24. The molecule has 0 heterocycles. The molecule has 0 saturated carbocycles. The number of benzene rings is 2. The van der Waals surface area contributed by atoms with Crippen molar-refractivity contribution in [1.82, 2.24) is 10.6 Å². The SMILES string of the molecule is COCC(NC(=O)c1ccc(/C=C/C(c2cc(Cl)c(Cl)c(Cl)c2)C(F)(F)F)cc1Br)C(=O)NC(C)C(F)(F)F. The first-order chi connectivity index (χ1) is 17.9. The van der Waals surface area contributed by atoms with Crippen molar-refractivity contribution >= 4 is 68.6 Å². The second kappa shape index (κ2) is 13.6. The Bertz CT molecular complexity index is 1220. The zero-order valence-corrected chi connectivity index (χ0v) is 23.8. The van der Waals surface area contributed by atoms with Crippen molar-refractivity contribution in [3.63, 3.8) is 0 Å². The molecule has 0 fully saturated rings. The summed E-state index contributed by atoms with van der Waals surface area (Å²) in [6.45, 7) is 0.323. The summed E-state index contributed by atoms with van der Waals surface area (Å²) in [5.41, 5.74) is -0.00639. The van der Waals surface area contributed by atoms with Gasteiger partial charge >= 0.3 is 12.4 Å². The zero-order chi connectivity index (χ0) is 29.7. The minimum atomic E-state index is -4.70. The molecular formula is C24H20BrCl3F6N2O3. The summed E-state index contributed by atoms with van der Waals surface area (Å²) in [5, 5.41) is 3.67. The maximum Gasteiger partial charge on any atom is 0.408 e. The number of nitrogens with one attached hydrogen (secondary N) is 2. The summed E-state index contributed by atoms with van der Waals surface area (Å²) in [4.78, 5) is 25.0. The van der Waals surface area contributed by atoms with Crippen LogP contribution in [0.1, 0.15) is 34.3 Å². The maximum absolute atomic E-state index is 13.8. The van der Waals surface area contributed by atoms with Crippen LogP contribution in [0, 0.1) is 0 Å². The zero-order valence-electron chi connectivity index (χ0n) is 20.0. The molecule has 0 aliphatic rings. The quantitative estimate of drug-likeness (QED) is 0.212. The van der Waals surface area contributed by atoms with Crippen LogP contribution in [0.25, 0.3) is 6.08 Å². The fourth-order valence-electron chi connectivity index (χ4n) is 3.17. The number of methoxy groups -OCH3 is 1. The average Bonchev–Trinajstić information content (AvgIpc) is 2.80. The third kappa shape index (κ3) is 9.28. The smallest absolute Gasteiger partial charge is 0.382 e. The third-order valence-corrected chi connectivity index (χ3v) is 7.09. The molecule has 0 saturated heterocycles. The van der Waals surface area contributed by atoms with Crippen LogP contribution in [0.15, 0.2) is 40.9 Å². The summed E-state index contributed by atoms with van der Waals surface area (Å²) in [6, 6.07) is 2.44. The lowest BCUT2D eigenvalue weighted by Crippen LogP contribution is -2.54. The topological polar surface area (TPSA) is 67.4 Å². The van der Waals surface area contributed by atoms with Gasteiger partial charge in [0, 0.05) is 11.6 Å². The number of ether oxygens (including phenoxy) is 1. The highest BCUT2D eigenvalue weighted by atomic mass is 79.9. The summed E-state index contributed by atoms with van der Waals surface area (Å²) >= 11 is 20.7. The lowest BCUT2D eigenvalue weighted by Gasteiger charge is -2.22. The summed E-state index contributed by atoms with van der Waals surface area (Å²) in [7, 11) is 1.19. The normalized spacial score (nSPS) is 14.7. The van der Waals surface area contributed by atoms with E-state index in [4.69, 9.17) is 39.5 Å². The van der Waals surface area contributed by atoms with Crippen molar-refractivity contribution in [2.45, 2.75) is 37.3 Å². The van der Waals surface area contributed by atoms with Crippen LogP contribution in [0.2, 0.25) is 15.1 Å². The molecule has 0 spiro atoms. The fraction of sp³-hybridized carbons (Fsp3) is 0.333. The summed E-state index contributed by atoms with van der Waals surface area (Å²) in [6.07, 6.45) is -7.35. The molecule has 0 aromatic heterocycles. The highest BCUT2D eigenvalue weighted by Gasteiger charge is 2.40. The Morgan fingerprint density at radius 2 is 1.59 bits per heavy atom. The molecule has 2 aromatic rings. The molecule has 0 radical (unpaired) electrons. The Kier molecular flexibility index (Phi) is 11.6. The van der Waals surface area contributed by atoms with Crippen LogP contribution >= 0.6 is 50.7 Å². The van der Waals surface area contributed by atoms with E-state index in [9.17, 15) is 35.9 Å². The van der Waals surface area contributed by atoms with Crippen LogP contribution in [0.5, 0.6) is 0 Å². The predicted octanol–water partition coefficient (Wildman–Crippen LogP) is 7.58. The Balaban J connectivity index is 2.25. The van der Waals surface area contributed by atoms with E-state index in [1.54, 1.807) is 5.32 Å². The Hall–Kier alpha value is -1.99. The van der Waals surface area contributed by atoms with Gasteiger partial charge in [0.15, 0.2) is 0 Å². The van der Waals surface area contributed by atoms with E-state index < -0.39 is 48.8 Å². The predicted molar refractivity (Wildman–Crippen MR) is 140 cm³/mol. The standard InChI is InChI=1S/C24H20BrCl3F6N2O3/c1-11(23(29,30)31)35-22(38)19(10-39-2)36-21(37)14-5-3-12(7-16(14)25)4-6-15(24(32,33)34)13-8-17(26)20(28)18(27)9-13/h3-9,11,15,19H,10H2,1-2H3,(H,35,38)(H,36,37)/b6-4+. The van der Waals surface area contributed by atoms with E-state index in [-0.39, 0.29) is 36.2 Å². The Labute approximate surface area is 242 Å². The Morgan fingerprint density at radius 3 is 2.08 bits per heavy atom. The van der Waals surface area contributed by atoms with Crippen LogP contribution in [-0.4, -0.2) is 50.0 Å². The van der Waals surface area contributed by atoms with Crippen molar-refractivity contribution in [1.29, 1.82) is 0 Å². The number of alkyl halides is 6. The molecular weight excluding hydrogens is 665 g/mol. The van der Waals surface area contributed by atoms with Crippen LogP contribution in [0.4, 0.5) is 26.3 Å². The van der Waals surface area contributed by atoms with Gasteiger partial charge in [-0.25, -0.2) is 0 Å². The van der Waals surface area contributed by atoms with Gasteiger partial charge in [-0.05, 0) is 58.2 Å². The molecule has 3 unspecified atom stereocenters. The molecule has 5 nitrogen and oxygen atoms in total. The van der Waals surface area contributed by atoms with Gasteiger partial charge in [0.25, 0.3) is 5.91 Å². The van der Waals surface area contributed by atoms with Crippen LogP contribution in [0.3, 0.4) is 0 Å². The Morgan fingerprint density at radius 1 is 1.00 bits per heavy atom. The van der Waals surface area contributed by atoms with Gasteiger partial charge in [-0.15, -0.1) is 0 Å². The lowest BCUT2D eigenvalue weighted by atomic mass is 9.97. The van der Waals surface area contributed by atoms with Crippen molar-refractivity contribution < 1.29 is 40.7 Å². The number of hydrogen-bond donors (Lipinski definition) is 2. The van der Waals surface area contributed by atoms with E-state index in [0.717, 1.165) is 25.1 Å². The van der Waals surface area contributed by atoms with Gasteiger partial charge in [-0.1, -0.05) is 53.0 Å². The van der Waals surface area contributed by atoms with E-state index in [1.165, 1.54) is 31.4 Å². The number of carbonyl (C=O) groups is 2. The monoisotopic (exact) mass is 682 g/mol. The number of amides is 2. The first kappa shape index (κ1) is 33.2. The number of allylic oxidation sites excluding steroid dienone is 1. The van der Waals surface area contributed by atoms with E-state index in [0.29, 0.717) is 0 Å². The highest BCUT2D eigenvalue weighted by molar-refractivity contribution is 9.10. The van der Waals surface area contributed by atoms with Gasteiger partial charge in [0.1, 0.15) is 12.1 Å². The van der Waals surface area contributed by atoms with Crippen molar-refractivity contribution in [2.24, 2.45) is 0 Å². The first-order valence-electron chi connectivity index (χ1n) is 10.8. The van der Waals surface area contributed by atoms with Crippen molar-refractivity contribution in [3.05, 3.63) is 72.6 Å². The highest BCUT2D eigenvalue weighted by Crippen LogP contribution is 2.41. The molecule has 0 aliphatic carbocycles. The van der Waals surface area contributed by atoms with Crippen LogP contribution in [-0.2, 0) is 9.53 Å². The number of halogens is 10. The number of carbonyl (C=O) groups excluding carboxylic acids is 2. The van der Waals surface area contributed by atoms with Gasteiger partial charge in [0.05, 0.1) is 33.2 Å². The van der Waals surface area contributed by atoms with Gasteiger partial charge in [-0.2, -0.15) is 26.3 Å². The minimum Gasteiger partial charge on any atom is -0.382 e. The molecule has 2 N–H and O–H groups in total. The number of rotatable bonds is 9. The number of hydrogen-bond acceptors (Lipinski definition) is 3. The summed E-state index contributed by atoms with van der Waals surface area (Å²) < 4.78 is 84.6. The molecule has 2 rings (SSSR count). The molecule has 2 aromatic carbocycles. The minimum absolute atomic E-state index is 0.0337. The second-order valence-corrected chi connectivity index (χ2v) is 10.2. The van der Waals surface area contributed by atoms with E-state index in [2.05, 4.69) is 21.2 Å². The molecule has 0 aliphatic heterocycles. The molecule has 2 amide bonds. The first-order valence-corrected chi connectivity index (χ1v) is 12.7. The molecule has 3 atom stereocenters. The van der Waals surface area contributed by atoms with Crippen LogP contribution < -0.4 is 10.6 Å². The van der Waals surface area contributed by atoms with Gasteiger partial charge in [-0.3, -0.25) is 9.59 Å². The van der Waals surface area contributed by atoms with E-state index in [1.807, 2.05) is 0 Å². The van der Waals surface area contributed by atoms with Gasteiger partial charge < -0.3 is 15.4 Å².